The van der Waals surface area contributed by atoms with Crippen LogP contribution in [0.3, 0.4) is 0 Å². The molecule has 0 radical (unpaired) electrons. The van der Waals surface area contributed by atoms with Gasteiger partial charge in [0.25, 0.3) is 0 Å². The highest BCUT2D eigenvalue weighted by atomic mass is 16.3. The highest BCUT2D eigenvalue weighted by Crippen LogP contribution is 2.44. The second-order valence-corrected chi connectivity index (χ2v) is 5.90. The van der Waals surface area contributed by atoms with E-state index in [1.807, 2.05) is 12.1 Å². The van der Waals surface area contributed by atoms with Crippen molar-refractivity contribution in [2.45, 2.75) is 39.0 Å². The van der Waals surface area contributed by atoms with Crippen molar-refractivity contribution in [2.75, 3.05) is 13.2 Å². The Hall–Kier alpha value is -1.35. The van der Waals surface area contributed by atoms with Gasteiger partial charge in [-0.15, -0.1) is 0 Å². The van der Waals surface area contributed by atoms with Crippen molar-refractivity contribution < 1.29 is 9.90 Å². The minimum absolute atomic E-state index is 0.0123. The molecule has 1 atom stereocenters. The summed E-state index contributed by atoms with van der Waals surface area (Å²) in [5.41, 5.74) is 2.46. The predicted octanol–water partition coefficient (Wildman–Crippen LogP) is 2.38. The molecule has 1 aromatic rings. The SMILES string of the molecule is Cc1ccccc1C(C)CC(=O)NCC1(CO)CC1. The maximum atomic E-state index is 11.9. The van der Waals surface area contributed by atoms with E-state index < -0.39 is 0 Å². The average molecular weight is 261 g/mol. The Morgan fingerprint density at radius 1 is 1.42 bits per heavy atom. The van der Waals surface area contributed by atoms with Crippen molar-refractivity contribution in [3.8, 4) is 0 Å². The molecule has 2 rings (SSSR count). The maximum Gasteiger partial charge on any atom is 0.220 e. The fraction of sp³-hybridized carbons (Fsp3) is 0.562. The number of hydrogen-bond acceptors (Lipinski definition) is 2. The first-order chi connectivity index (χ1) is 9.06. The Morgan fingerprint density at radius 2 is 2.11 bits per heavy atom. The molecule has 104 valence electrons. The van der Waals surface area contributed by atoms with E-state index in [2.05, 4.69) is 31.3 Å². The summed E-state index contributed by atoms with van der Waals surface area (Å²) >= 11 is 0. The van der Waals surface area contributed by atoms with Crippen LogP contribution >= 0.6 is 0 Å². The number of rotatable bonds is 6. The van der Waals surface area contributed by atoms with Crippen molar-refractivity contribution in [3.05, 3.63) is 35.4 Å². The second kappa shape index (κ2) is 5.74. The van der Waals surface area contributed by atoms with Gasteiger partial charge in [-0.3, -0.25) is 4.79 Å². The zero-order valence-electron chi connectivity index (χ0n) is 11.8. The molecule has 0 spiro atoms. The van der Waals surface area contributed by atoms with Crippen LogP contribution < -0.4 is 5.32 Å². The smallest absolute Gasteiger partial charge is 0.220 e. The third kappa shape index (κ3) is 3.57. The lowest BCUT2D eigenvalue weighted by Gasteiger charge is -2.16. The van der Waals surface area contributed by atoms with Gasteiger partial charge in [0, 0.05) is 18.4 Å². The highest BCUT2D eigenvalue weighted by Gasteiger charge is 2.42. The summed E-state index contributed by atoms with van der Waals surface area (Å²) in [5, 5.41) is 12.2. The first kappa shape index (κ1) is 14.1. The summed E-state index contributed by atoms with van der Waals surface area (Å²) in [6.45, 7) is 4.96. The van der Waals surface area contributed by atoms with Crippen molar-refractivity contribution in [1.29, 1.82) is 0 Å². The lowest BCUT2D eigenvalue weighted by atomic mass is 9.93. The predicted molar refractivity (Wildman–Crippen MR) is 76.0 cm³/mol. The third-order valence-corrected chi connectivity index (χ3v) is 4.16. The largest absolute Gasteiger partial charge is 0.396 e. The molecule has 1 unspecified atom stereocenters. The van der Waals surface area contributed by atoms with Crippen LogP contribution in [0.2, 0.25) is 0 Å². The van der Waals surface area contributed by atoms with Gasteiger partial charge < -0.3 is 10.4 Å². The normalized spacial score (nSPS) is 17.8. The molecule has 1 aliphatic carbocycles. The number of carbonyl (C=O) groups is 1. The quantitative estimate of drug-likeness (QED) is 0.826. The van der Waals surface area contributed by atoms with E-state index in [0.717, 1.165) is 12.8 Å². The Balaban J connectivity index is 1.83. The molecule has 1 amide bonds. The van der Waals surface area contributed by atoms with E-state index in [1.165, 1.54) is 11.1 Å². The zero-order valence-corrected chi connectivity index (χ0v) is 11.8. The molecular formula is C16H23NO2. The van der Waals surface area contributed by atoms with Crippen LogP contribution in [-0.2, 0) is 4.79 Å². The van der Waals surface area contributed by atoms with E-state index in [9.17, 15) is 9.90 Å². The summed E-state index contributed by atoms with van der Waals surface area (Å²) in [5.74, 6) is 0.306. The molecule has 1 fully saturated rings. The number of nitrogens with one attached hydrogen (secondary N) is 1. The molecule has 1 saturated carbocycles. The number of amides is 1. The number of aliphatic hydroxyl groups excluding tert-OH is 1. The van der Waals surface area contributed by atoms with E-state index in [0.29, 0.717) is 13.0 Å². The highest BCUT2D eigenvalue weighted by molar-refractivity contribution is 5.77. The van der Waals surface area contributed by atoms with Crippen molar-refractivity contribution in [1.82, 2.24) is 5.32 Å². The van der Waals surface area contributed by atoms with Crippen molar-refractivity contribution in [3.63, 3.8) is 0 Å². The molecule has 3 heteroatoms. The van der Waals surface area contributed by atoms with Crippen LogP contribution in [0, 0.1) is 12.3 Å². The Kier molecular flexibility index (Phi) is 4.25. The molecule has 2 N–H and O–H groups in total. The molecule has 0 aliphatic heterocycles. The molecule has 1 aromatic carbocycles. The summed E-state index contributed by atoms with van der Waals surface area (Å²) in [4.78, 5) is 11.9. The van der Waals surface area contributed by atoms with Crippen LogP contribution in [0.25, 0.3) is 0 Å². The van der Waals surface area contributed by atoms with Gasteiger partial charge in [-0.1, -0.05) is 31.2 Å². The van der Waals surface area contributed by atoms with Gasteiger partial charge >= 0.3 is 0 Å². The minimum Gasteiger partial charge on any atom is -0.396 e. The number of aryl methyl sites for hydroxylation is 1. The van der Waals surface area contributed by atoms with Gasteiger partial charge in [-0.05, 0) is 36.8 Å². The van der Waals surface area contributed by atoms with Gasteiger partial charge in [0.15, 0.2) is 0 Å². The first-order valence-electron chi connectivity index (χ1n) is 6.99. The summed E-state index contributed by atoms with van der Waals surface area (Å²) in [6, 6.07) is 8.20. The van der Waals surface area contributed by atoms with Crippen LogP contribution in [0.15, 0.2) is 24.3 Å². The second-order valence-electron chi connectivity index (χ2n) is 5.90. The molecule has 0 aromatic heterocycles. The topological polar surface area (TPSA) is 49.3 Å². The summed E-state index contributed by atoms with van der Waals surface area (Å²) in [7, 11) is 0. The van der Waals surface area contributed by atoms with Crippen LogP contribution in [0.4, 0.5) is 0 Å². The first-order valence-corrected chi connectivity index (χ1v) is 6.99. The van der Waals surface area contributed by atoms with E-state index in [1.54, 1.807) is 0 Å². The Labute approximate surface area is 115 Å². The molecule has 1 aliphatic rings. The van der Waals surface area contributed by atoms with E-state index in [-0.39, 0.29) is 23.8 Å². The Morgan fingerprint density at radius 3 is 2.68 bits per heavy atom. The zero-order chi connectivity index (χ0) is 13.9. The minimum atomic E-state index is -0.0123. The standard InChI is InChI=1S/C16H23NO2/c1-12-5-3-4-6-14(12)13(2)9-15(19)17-10-16(11-18)7-8-16/h3-6,13,18H,7-11H2,1-2H3,(H,17,19). The summed E-state index contributed by atoms with van der Waals surface area (Å²) < 4.78 is 0. The molecule has 19 heavy (non-hydrogen) atoms. The van der Waals surface area contributed by atoms with Crippen molar-refractivity contribution >= 4 is 5.91 Å². The number of aliphatic hydroxyl groups is 1. The number of hydrogen-bond donors (Lipinski definition) is 2. The van der Waals surface area contributed by atoms with Gasteiger partial charge in [-0.25, -0.2) is 0 Å². The lowest BCUT2D eigenvalue weighted by molar-refractivity contribution is -0.121. The molecule has 0 heterocycles. The molecule has 0 saturated heterocycles. The van der Waals surface area contributed by atoms with Gasteiger partial charge in [0.1, 0.15) is 0 Å². The van der Waals surface area contributed by atoms with Crippen LogP contribution in [0.1, 0.15) is 43.2 Å². The molecule has 0 bridgehead atoms. The summed E-state index contributed by atoms with van der Waals surface area (Å²) in [6.07, 6.45) is 2.56. The lowest BCUT2D eigenvalue weighted by Crippen LogP contribution is -2.32. The van der Waals surface area contributed by atoms with Gasteiger partial charge in [-0.2, -0.15) is 0 Å². The monoisotopic (exact) mass is 261 g/mol. The number of benzene rings is 1. The van der Waals surface area contributed by atoms with E-state index >= 15 is 0 Å². The maximum absolute atomic E-state index is 11.9. The average Bonchev–Trinajstić information content (AvgIpc) is 3.17. The molecular weight excluding hydrogens is 238 g/mol. The van der Waals surface area contributed by atoms with Crippen molar-refractivity contribution in [2.24, 2.45) is 5.41 Å². The van der Waals surface area contributed by atoms with Gasteiger partial charge in [0.05, 0.1) is 6.61 Å². The Bertz CT molecular complexity index is 452. The fourth-order valence-corrected chi connectivity index (χ4v) is 2.45. The molecule has 3 nitrogen and oxygen atoms in total. The third-order valence-electron chi connectivity index (χ3n) is 4.16. The van der Waals surface area contributed by atoms with E-state index in [4.69, 9.17) is 0 Å². The fourth-order valence-electron chi connectivity index (χ4n) is 2.45. The number of carbonyl (C=O) groups excluding carboxylic acids is 1. The van der Waals surface area contributed by atoms with Crippen LogP contribution in [0.5, 0.6) is 0 Å². The van der Waals surface area contributed by atoms with Crippen LogP contribution in [-0.4, -0.2) is 24.2 Å². The van der Waals surface area contributed by atoms with Gasteiger partial charge in [0.2, 0.25) is 5.91 Å².